The molecular formula is C13H12N2O3. The van der Waals surface area contributed by atoms with Crippen LogP contribution in [-0.2, 0) is 6.61 Å². The highest BCUT2D eigenvalue weighted by atomic mass is 16.7. The Labute approximate surface area is 104 Å². The lowest BCUT2D eigenvalue weighted by Gasteiger charge is -2.07. The molecule has 0 saturated carbocycles. The van der Waals surface area contributed by atoms with Crippen LogP contribution in [-0.4, -0.2) is 11.8 Å². The molecule has 0 unspecified atom stereocenters. The third kappa shape index (κ3) is 2.15. The van der Waals surface area contributed by atoms with E-state index in [1.807, 2.05) is 24.3 Å². The molecule has 1 aromatic heterocycles. The van der Waals surface area contributed by atoms with Crippen molar-refractivity contribution in [1.82, 2.24) is 4.98 Å². The number of aromatic nitrogens is 1. The van der Waals surface area contributed by atoms with E-state index in [1.54, 1.807) is 12.3 Å². The van der Waals surface area contributed by atoms with Gasteiger partial charge in [0.05, 0.1) is 0 Å². The number of rotatable bonds is 3. The molecule has 0 spiro atoms. The van der Waals surface area contributed by atoms with Crippen molar-refractivity contribution in [3.63, 3.8) is 0 Å². The fourth-order valence-corrected chi connectivity index (χ4v) is 1.72. The van der Waals surface area contributed by atoms with E-state index < -0.39 is 0 Å². The molecule has 2 aromatic rings. The molecule has 0 amide bonds. The summed E-state index contributed by atoms with van der Waals surface area (Å²) in [5.41, 5.74) is 6.57. The van der Waals surface area contributed by atoms with E-state index in [4.69, 9.17) is 19.9 Å². The minimum absolute atomic E-state index is 0.264. The van der Waals surface area contributed by atoms with Gasteiger partial charge in [-0.25, -0.2) is 4.98 Å². The van der Waals surface area contributed by atoms with Crippen LogP contribution in [0.25, 0.3) is 0 Å². The van der Waals surface area contributed by atoms with Gasteiger partial charge in [0.15, 0.2) is 11.5 Å². The van der Waals surface area contributed by atoms with E-state index in [2.05, 4.69) is 4.98 Å². The first-order valence-electron chi connectivity index (χ1n) is 5.54. The molecule has 2 N–H and O–H groups in total. The smallest absolute Gasteiger partial charge is 0.231 e. The van der Waals surface area contributed by atoms with E-state index >= 15 is 0 Å². The van der Waals surface area contributed by atoms with Crippen LogP contribution in [0.2, 0.25) is 0 Å². The van der Waals surface area contributed by atoms with Gasteiger partial charge in [-0.15, -0.1) is 0 Å². The lowest BCUT2D eigenvalue weighted by atomic mass is 10.2. The lowest BCUT2D eigenvalue weighted by Crippen LogP contribution is -1.98. The second-order valence-corrected chi connectivity index (χ2v) is 3.89. The zero-order valence-electron chi connectivity index (χ0n) is 9.63. The Balaban J connectivity index is 1.70. The molecule has 0 bridgehead atoms. The summed E-state index contributed by atoms with van der Waals surface area (Å²) < 4.78 is 16.2. The van der Waals surface area contributed by atoms with Crippen LogP contribution in [0.4, 0.5) is 5.82 Å². The second kappa shape index (κ2) is 4.44. The molecule has 0 saturated heterocycles. The van der Waals surface area contributed by atoms with Gasteiger partial charge >= 0.3 is 0 Å². The minimum Gasteiger partial charge on any atom is -0.489 e. The Bertz CT molecular complexity index is 572. The van der Waals surface area contributed by atoms with Crippen molar-refractivity contribution in [2.75, 3.05) is 12.5 Å². The quantitative estimate of drug-likeness (QED) is 0.894. The molecule has 5 heteroatoms. The third-order valence-electron chi connectivity index (χ3n) is 2.60. The monoisotopic (exact) mass is 244 g/mol. The van der Waals surface area contributed by atoms with Crippen molar-refractivity contribution < 1.29 is 14.2 Å². The summed E-state index contributed by atoms with van der Waals surface area (Å²) in [5, 5.41) is 0. The molecule has 1 aliphatic heterocycles. The summed E-state index contributed by atoms with van der Waals surface area (Å²) in [7, 11) is 0. The van der Waals surface area contributed by atoms with E-state index in [0.29, 0.717) is 18.2 Å². The van der Waals surface area contributed by atoms with Crippen LogP contribution in [0.1, 0.15) is 5.56 Å². The summed E-state index contributed by atoms with van der Waals surface area (Å²) in [6.07, 6.45) is 1.66. The molecule has 1 aromatic carbocycles. The van der Waals surface area contributed by atoms with E-state index in [9.17, 15) is 0 Å². The van der Waals surface area contributed by atoms with Crippen molar-refractivity contribution in [3.05, 3.63) is 42.1 Å². The average Bonchev–Trinajstić information content (AvgIpc) is 2.84. The number of fused-ring (bicyclic) bond motifs is 1. The fourth-order valence-electron chi connectivity index (χ4n) is 1.72. The average molecular weight is 244 g/mol. The number of ether oxygens (including phenoxy) is 3. The van der Waals surface area contributed by atoms with Crippen molar-refractivity contribution in [1.29, 1.82) is 0 Å². The Hall–Kier alpha value is -2.43. The summed E-state index contributed by atoms with van der Waals surface area (Å²) in [4.78, 5) is 3.93. The number of nitrogens with two attached hydrogens (primary N) is 1. The fraction of sp³-hybridized carbons (Fsp3) is 0.154. The van der Waals surface area contributed by atoms with Crippen LogP contribution in [0.5, 0.6) is 17.2 Å². The van der Waals surface area contributed by atoms with Crippen LogP contribution < -0.4 is 19.9 Å². The highest BCUT2D eigenvalue weighted by Crippen LogP contribution is 2.35. The first kappa shape index (κ1) is 10.7. The summed E-state index contributed by atoms with van der Waals surface area (Å²) in [6, 6.07) is 9.14. The van der Waals surface area contributed by atoms with E-state index in [0.717, 1.165) is 17.1 Å². The summed E-state index contributed by atoms with van der Waals surface area (Å²) >= 11 is 0. The molecule has 2 heterocycles. The lowest BCUT2D eigenvalue weighted by molar-refractivity contribution is 0.173. The first-order valence-corrected chi connectivity index (χ1v) is 5.54. The molecule has 3 rings (SSSR count). The van der Waals surface area contributed by atoms with Gasteiger partial charge in [0, 0.05) is 12.3 Å². The Kier molecular flexibility index (Phi) is 2.64. The van der Waals surface area contributed by atoms with Gasteiger partial charge in [0.25, 0.3) is 0 Å². The maximum absolute atomic E-state index is 5.65. The second-order valence-electron chi connectivity index (χ2n) is 3.89. The summed E-state index contributed by atoms with van der Waals surface area (Å²) in [6.45, 7) is 0.700. The van der Waals surface area contributed by atoms with Gasteiger partial charge in [-0.2, -0.15) is 0 Å². The number of pyridine rings is 1. The predicted molar refractivity (Wildman–Crippen MR) is 65.5 cm³/mol. The molecule has 0 aliphatic carbocycles. The number of hydrogen-bond donors (Lipinski definition) is 1. The van der Waals surface area contributed by atoms with Crippen LogP contribution in [0, 0.1) is 0 Å². The predicted octanol–water partition coefficient (Wildman–Crippen LogP) is 1.97. The summed E-state index contributed by atoms with van der Waals surface area (Å²) in [5.74, 6) is 2.67. The zero-order valence-corrected chi connectivity index (χ0v) is 9.63. The van der Waals surface area contributed by atoms with Crippen LogP contribution in [0.15, 0.2) is 36.5 Å². The third-order valence-corrected chi connectivity index (χ3v) is 2.60. The molecule has 0 radical (unpaired) electrons. The number of hydrogen-bond acceptors (Lipinski definition) is 5. The topological polar surface area (TPSA) is 66.6 Å². The Morgan fingerprint density at radius 3 is 2.94 bits per heavy atom. The maximum atomic E-state index is 5.65. The highest BCUT2D eigenvalue weighted by Gasteiger charge is 2.13. The Morgan fingerprint density at radius 1 is 1.17 bits per heavy atom. The van der Waals surface area contributed by atoms with Gasteiger partial charge in [0.1, 0.15) is 18.2 Å². The van der Waals surface area contributed by atoms with Crippen LogP contribution >= 0.6 is 0 Å². The van der Waals surface area contributed by atoms with E-state index in [1.165, 1.54) is 0 Å². The van der Waals surface area contributed by atoms with Gasteiger partial charge in [-0.1, -0.05) is 0 Å². The van der Waals surface area contributed by atoms with Gasteiger partial charge < -0.3 is 19.9 Å². The maximum Gasteiger partial charge on any atom is 0.231 e. The number of nitrogen functional groups attached to an aromatic ring is 1. The number of nitrogens with zero attached hydrogens (tertiary/aromatic N) is 1. The van der Waals surface area contributed by atoms with Crippen molar-refractivity contribution >= 4 is 5.82 Å². The molecule has 0 fully saturated rings. The number of benzene rings is 1. The van der Waals surface area contributed by atoms with Gasteiger partial charge in [-0.05, 0) is 29.8 Å². The minimum atomic E-state index is 0.264. The molecule has 5 nitrogen and oxygen atoms in total. The molecule has 92 valence electrons. The standard InChI is InChI=1S/C13H12N2O3/c14-13-5-9(3-4-15-13)7-16-10-1-2-11-12(6-10)18-8-17-11/h1-6H,7-8H2,(H2,14,15). The highest BCUT2D eigenvalue weighted by molar-refractivity contribution is 5.47. The molecule has 18 heavy (non-hydrogen) atoms. The largest absolute Gasteiger partial charge is 0.489 e. The molecule has 0 atom stereocenters. The SMILES string of the molecule is Nc1cc(COc2ccc3c(c2)OCO3)ccn1. The molecular weight excluding hydrogens is 232 g/mol. The van der Waals surface area contributed by atoms with Crippen LogP contribution in [0.3, 0.4) is 0 Å². The number of anilines is 1. The Morgan fingerprint density at radius 2 is 2.06 bits per heavy atom. The van der Waals surface area contributed by atoms with Crippen molar-refractivity contribution in [3.8, 4) is 17.2 Å². The van der Waals surface area contributed by atoms with Gasteiger partial charge in [0.2, 0.25) is 6.79 Å². The van der Waals surface area contributed by atoms with Crippen molar-refractivity contribution in [2.45, 2.75) is 6.61 Å². The zero-order chi connectivity index (χ0) is 12.4. The molecule has 1 aliphatic rings. The van der Waals surface area contributed by atoms with Crippen molar-refractivity contribution in [2.24, 2.45) is 0 Å². The van der Waals surface area contributed by atoms with E-state index in [-0.39, 0.29) is 6.79 Å². The first-order chi connectivity index (χ1) is 8.81. The van der Waals surface area contributed by atoms with Gasteiger partial charge in [-0.3, -0.25) is 0 Å². The normalized spacial score (nSPS) is 12.4.